The minimum atomic E-state index is -0.0978. The first-order chi connectivity index (χ1) is 15.1. The second-order valence-electron chi connectivity index (χ2n) is 8.68. The lowest BCUT2D eigenvalue weighted by molar-refractivity contribution is -0.151. The molecule has 2 aliphatic heterocycles. The third kappa shape index (κ3) is 6.14. The summed E-state index contributed by atoms with van der Waals surface area (Å²) >= 11 is 1.68. The van der Waals surface area contributed by atoms with Crippen molar-refractivity contribution in [2.45, 2.75) is 39.2 Å². The van der Waals surface area contributed by atoms with E-state index in [2.05, 4.69) is 27.4 Å². The second-order valence-corrected chi connectivity index (χ2v) is 9.75. The second kappa shape index (κ2) is 10.4. The molecule has 0 bridgehead atoms. The molecule has 1 aromatic carbocycles. The lowest BCUT2D eigenvalue weighted by Crippen LogP contribution is -2.37. The predicted molar refractivity (Wildman–Crippen MR) is 121 cm³/mol. The van der Waals surface area contributed by atoms with Crippen molar-refractivity contribution in [3.8, 4) is 0 Å². The molecular weight excluding hydrogens is 410 g/mol. The fraction of sp³-hybridized carbons (Fsp3) is 0.542. The van der Waals surface area contributed by atoms with Crippen LogP contribution >= 0.6 is 11.3 Å². The van der Waals surface area contributed by atoms with Gasteiger partial charge in [0, 0.05) is 37.4 Å². The quantitative estimate of drug-likeness (QED) is 0.588. The summed E-state index contributed by atoms with van der Waals surface area (Å²) in [7, 11) is 0. The number of likely N-dealkylation sites (tertiary alicyclic amines) is 2. The number of thiazole rings is 1. The minimum absolute atomic E-state index is 0.0280. The predicted octanol–water partition coefficient (Wildman–Crippen LogP) is 3.30. The van der Waals surface area contributed by atoms with Crippen LogP contribution in [-0.4, -0.2) is 59.4 Å². The van der Waals surface area contributed by atoms with E-state index < -0.39 is 0 Å². The van der Waals surface area contributed by atoms with Gasteiger partial charge in [0.15, 0.2) is 0 Å². The van der Waals surface area contributed by atoms with E-state index in [1.165, 1.54) is 5.56 Å². The Morgan fingerprint density at radius 2 is 2.00 bits per heavy atom. The van der Waals surface area contributed by atoms with Gasteiger partial charge < -0.3 is 9.64 Å². The molecule has 0 unspecified atom stereocenters. The van der Waals surface area contributed by atoms with E-state index in [-0.39, 0.29) is 23.7 Å². The average molecular weight is 442 g/mol. The molecule has 7 heteroatoms. The molecule has 0 saturated carbocycles. The molecule has 1 amide bonds. The molecule has 0 N–H and O–H groups in total. The fourth-order valence-electron chi connectivity index (χ4n) is 4.45. The number of aryl methyl sites for hydroxylation is 1. The van der Waals surface area contributed by atoms with Crippen LogP contribution < -0.4 is 0 Å². The highest BCUT2D eigenvalue weighted by Crippen LogP contribution is 2.23. The molecular formula is C24H31N3O3S. The number of carbonyl (C=O) groups excluding carboxylic acids is 2. The van der Waals surface area contributed by atoms with E-state index in [1.54, 1.807) is 11.3 Å². The van der Waals surface area contributed by atoms with E-state index in [0.717, 1.165) is 56.1 Å². The van der Waals surface area contributed by atoms with E-state index >= 15 is 0 Å². The van der Waals surface area contributed by atoms with E-state index in [9.17, 15) is 9.59 Å². The largest absolute Gasteiger partial charge is 0.465 e. The standard InChI is InChI=1S/C24H31N3O3S/c1-18-25-22(17-31-18)15-26-10-8-21(9-11-26)24(29)30-16-20-13-23(28)27(14-20)12-7-19-5-3-2-4-6-19/h2-6,17,20-21H,7-16H2,1H3/t20-/m0/s1. The van der Waals surface area contributed by atoms with Crippen molar-refractivity contribution in [1.82, 2.24) is 14.8 Å². The molecule has 1 atom stereocenters. The SMILES string of the molecule is Cc1nc(CN2CCC(C(=O)OC[C@H]3CC(=O)N(CCc4ccccc4)C3)CC2)cs1. The number of esters is 1. The summed E-state index contributed by atoms with van der Waals surface area (Å²) in [5.74, 6) is 0.154. The van der Waals surface area contributed by atoms with Crippen molar-refractivity contribution in [3.63, 3.8) is 0 Å². The molecule has 2 aromatic rings. The first kappa shape index (κ1) is 22.0. The number of piperidine rings is 1. The van der Waals surface area contributed by atoms with Crippen LogP contribution in [0.3, 0.4) is 0 Å². The molecule has 1 aromatic heterocycles. The minimum Gasteiger partial charge on any atom is -0.465 e. The van der Waals surface area contributed by atoms with Crippen LogP contribution in [0.2, 0.25) is 0 Å². The highest BCUT2D eigenvalue weighted by Gasteiger charge is 2.32. The Labute approximate surface area is 188 Å². The van der Waals surface area contributed by atoms with Gasteiger partial charge in [0.05, 0.1) is 23.2 Å². The number of rotatable bonds is 8. The maximum Gasteiger partial charge on any atom is 0.309 e. The number of benzene rings is 1. The maximum atomic E-state index is 12.5. The molecule has 0 aliphatic carbocycles. The van der Waals surface area contributed by atoms with Crippen LogP contribution in [0.4, 0.5) is 0 Å². The monoisotopic (exact) mass is 441 g/mol. The third-order valence-corrected chi connectivity index (χ3v) is 7.06. The lowest BCUT2D eigenvalue weighted by atomic mass is 9.97. The molecule has 2 saturated heterocycles. The lowest BCUT2D eigenvalue weighted by Gasteiger charge is -2.30. The molecule has 0 radical (unpaired) electrons. The molecule has 31 heavy (non-hydrogen) atoms. The van der Waals surface area contributed by atoms with Gasteiger partial charge in [-0.1, -0.05) is 30.3 Å². The van der Waals surface area contributed by atoms with Crippen LogP contribution in [0, 0.1) is 18.8 Å². The van der Waals surface area contributed by atoms with E-state index in [1.807, 2.05) is 30.0 Å². The Kier molecular flexibility index (Phi) is 7.35. The fourth-order valence-corrected chi connectivity index (χ4v) is 5.05. The van der Waals surface area contributed by atoms with Gasteiger partial charge >= 0.3 is 5.97 Å². The number of aromatic nitrogens is 1. The Bertz CT molecular complexity index is 877. The zero-order valence-electron chi connectivity index (χ0n) is 18.2. The molecule has 3 heterocycles. The van der Waals surface area contributed by atoms with Gasteiger partial charge in [-0.15, -0.1) is 11.3 Å². The topological polar surface area (TPSA) is 62.7 Å². The van der Waals surface area contributed by atoms with Crippen LogP contribution in [-0.2, 0) is 27.3 Å². The summed E-state index contributed by atoms with van der Waals surface area (Å²) < 4.78 is 5.63. The van der Waals surface area contributed by atoms with Crippen LogP contribution in [0.25, 0.3) is 0 Å². The van der Waals surface area contributed by atoms with E-state index in [0.29, 0.717) is 19.6 Å². The highest BCUT2D eigenvalue weighted by atomic mass is 32.1. The zero-order chi connectivity index (χ0) is 21.6. The smallest absolute Gasteiger partial charge is 0.309 e. The van der Waals surface area contributed by atoms with Gasteiger partial charge in [-0.3, -0.25) is 14.5 Å². The van der Waals surface area contributed by atoms with Gasteiger partial charge in [-0.05, 0) is 44.8 Å². The first-order valence-corrected chi connectivity index (χ1v) is 12.1. The normalized spacial score (nSPS) is 20.4. The van der Waals surface area contributed by atoms with Crippen molar-refractivity contribution in [3.05, 3.63) is 52.0 Å². The summed E-state index contributed by atoms with van der Waals surface area (Å²) in [4.78, 5) is 33.7. The summed E-state index contributed by atoms with van der Waals surface area (Å²) in [5.41, 5.74) is 2.35. The molecule has 2 fully saturated rings. The summed E-state index contributed by atoms with van der Waals surface area (Å²) in [6.45, 7) is 6.43. The summed E-state index contributed by atoms with van der Waals surface area (Å²) in [5, 5.41) is 3.21. The number of ether oxygens (including phenoxy) is 1. The Morgan fingerprint density at radius 3 is 2.71 bits per heavy atom. The van der Waals surface area contributed by atoms with Crippen LogP contribution in [0.1, 0.15) is 35.5 Å². The Hall–Kier alpha value is -2.25. The Morgan fingerprint density at radius 1 is 1.23 bits per heavy atom. The van der Waals surface area contributed by atoms with Crippen molar-refractivity contribution >= 4 is 23.2 Å². The number of hydrogen-bond donors (Lipinski definition) is 0. The third-order valence-electron chi connectivity index (χ3n) is 6.24. The molecule has 0 spiro atoms. The van der Waals surface area contributed by atoms with Crippen LogP contribution in [0.5, 0.6) is 0 Å². The first-order valence-electron chi connectivity index (χ1n) is 11.2. The molecule has 4 rings (SSSR count). The van der Waals surface area contributed by atoms with Crippen molar-refractivity contribution in [2.24, 2.45) is 11.8 Å². The van der Waals surface area contributed by atoms with E-state index in [4.69, 9.17) is 4.74 Å². The molecule has 166 valence electrons. The van der Waals surface area contributed by atoms with Gasteiger partial charge in [0.2, 0.25) is 5.91 Å². The molecule has 2 aliphatic rings. The molecule has 6 nitrogen and oxygen atoms in total. The number of nitrogens with zero attached hydrogens (tertiary/aromatic N) is 3. The van der Waals surface area contributed by atoms with Crippen molar-refractivity contribution in [1.29, 1.82) is 0 Å². The van der Waals surface area contributed by atoms with Gasteiger partial charge in [-0.2, -0.15) is 0 Å². The van der Waals surface area contributed by atoms with Gasteiger partial charge in [0.1, 0.15) is 0 Å². The zero-order valence-corrected chi connectivity index (χ0v) is 19.0. The number of amides is 1. The summed E-state index contributed by atoms with van der Waals surface area (Å²) in [6, 6.07) is 10.2. The summed E-state index contributed by atoms with van der Waals surface area (Å²) in [6.07, 6.45) is 3.00. The Balaban J connectivity index is 1.15. The van der Waals surface area contributed by atoms with Crippen LogP contribution in [0.15, 0.2) is 35.7 Å². The number of carbonyl (C=O) groups is 2. The number of hydrogen-bond acceptors (Lipinski definition) is 6. The average Bonchev–Trinajstić information content (AvgIpc) is 3.36. The highest BCUT2D eigenvalue weighted by molar-refractivity contribution is 7.09. The van der Waals surface area contributed by atoms with Crippen molar-refractivity contribution in [2.75, 3.05) is 32.8 Å². The van der Waals surface area contributed by atoms with Crippen molar-refractivity contribution < 1.29 is 14.3 Å². The maximum absolute atomic E-state index is 12.5. The van der Waals surface area contributed by atoms with Gasteiger partial charge in [0.25, 0.3) is 0 Å². The van der Waals surface area contributed by atoms with Gasteiger partial charge in [-0.25, -0.2) is 4.98 Å².